The maximum absolute atomic E-state index is 13.1. The second kappa shape index (κ2) is 7.14. The molecule has 0 spiro atoms. The second-order valence-corrected chi connectivity index (χ2v) is 5.55. The lowest BCUT2D eigenvalue weighted by Gasteiger charge is -2.10. The fourth-order valence-electron chi connectivity index (χ4n) is 2.33. The topological polar surface area (TPSA) is 86.0 Å². The number of aromatic nitrogens is 3. The van der Waals surface area contributed by atoms with E-state index >= 15 is 0 Å². The third-order valence-electron chi connectivity index (χ3n) is 3.76. The summed E-state index contributed by atoms with van der Waals surface area (Å²) in [4.78, 5) is 36.9. The van der Waals surface area contributed by atoms with Crippen molar-refractivity contribution in [1.82, 2.24) is 19.7 Å². The van der Waals surface area contributed by atoms with Crippen LogP contribution in [0.15, 0.2) is 64.2 Å². The molecule has 0 aliphatic heterocycles. The van der Waals surface area contributed by atoms with Crippen molar-refractivity contribution in [2.45, 2.75) is 6.54 Å². The summed E-state index contributed by atoms with van der Waals surface area (Å²) < 4.78 is 14.8. The lowest BCUT2D eigenvalue weighted by Crippen LogP contribution is -2.44. The molecule has 26 heavy (non-hydrogen) atoms. The van der Waals surface area contributed by atoms with Gasteiger partial charge >= 0.3 is 5.69 Å². The van der Waals surface area contributed by atoms with Crippen LogP contribution in [0, 0.1) is 5.82 Å². The third-order valence-corrected chi connectivity index (χ3v) is 3.76. The van der Waals surface area contributed by atoms with E-state index in [0.29, 0.717) is 0 Å². The van der Waals surface area contributed by atoms with Gasteiger partial charge in [0.1, 0.15) is 5.82 Å². The zero-order valence-corrected chi connectivity index (χ0v) is 13.8. The first-order valence-corrected chi connectivity index (χ1v) is 7.76. The van der Waals surface area contributed by atoms with Gasteiger partial charge in [0.15, 0.2) is 0 Å². The Morgan fingerprint density at radius 1 is 1.08 bits per heavy atom. The van der Waals surface area contributed by atoms with Crippen LogP contribution in [0.2, 0.25) is 0 Å². The van der Waals surface area contributed by atoms with Crippen LogP contribution in [-0.2, 0) is 13.6 Å². The summed E-state index contributed by atoms with van der Waals surface area (Å²) in [6, 6.07) is 14.1. The molecule has 7 nitrogen and oxygen atoms in total. The van der Waals surface area contributed by atoms with Gasteiger partial charge in [-0.05, 0) is 29.8 Å². The van der Waals surface area contributed by atoms with E-state index in [2.05, 4.69) is 10.4 Å². The summed E-state index contributed by atoms with van der Waals surface area (Å²) in [5.74, 6) is -1.18. The molecule has 0 saturated heterocycles. The average Bonchev–Trinajstić information content (AvgIpc) is 2.66. The van der Waals surface area contributed by atoms with Crippen molar-refractivity contribution < 1.29 is 9.18 Å². The van der Waals surface area contributed by atoms with E-state index in [4.69, 9.17) is 0 Å². The summed E-state index contributed by atoms with van der Waals surface area (Å²) in [5, 5.41) is 6.48. The quantitative estimate of drug-likeness (QED) is 0.757. The number of nitrogens with zero attached hydrogens (tertiary/aromatic N) is 3. The van der Waals surface area contributed by atoms with E-state index in [1.807, 2.05) is 30.3 Å². The van der Waals surface area contributed by atoms with E-state index in [1.54, 1.807) is 0 Å². The van der Waals surface area contributed by atoms with Crippen molar-refractivity contribution in [3.8, 4) is 5.69 Å². The van der Waals surface area contributed by atoms with Crippen molar-refractivity contribution in [1.29, 1.82) is 0 Å². The Balaban J connectivity index is 1.96. The molecule has 0 saturated carbocycles. The maximum atomic E-state index is 13.1. The number of hydrogen-bond acceptors (Lipinski definition) is 4. The molecule has 1 aromatic heterocycles. The van der Waals surface area contributed by atoms with Crippen LogP contribution < -0.4 is 16.6 Å². The number of rotatable bonds is 4. The van der Waals surface area contributed by atoms with E-state index in [1.165, 1.54) is 19.2 Å². The number of carbonyl (C=O) groups excluding carboxylic acids is 1. The van der Waals surface area contributed by atoms with Crippen molar-refractivity contribution in [2.24, 2.45) is 7.05 Å². The van der Waals surface area contributed by atoms with E-state index in [9.17, 15) is 18.8 Å². The SMILES string of the molecule is Cn1c(=O)c(C(=O)NCc2ccccc2)nn(-c2ccc(F)cc2)c1=O. The van der Waals surface area contributed by atoms with Crippen LogP contribution in [0.25, 0.3) is 5.69 Å². The Bertz CT molecular complexity index is 1060. The number of halogens is 1. The van der Waals surface area contributed by atoms with E-state index in [0.717, 1.165) is 26.9 Å². The average molecular weight is 354 g/mol. The molecule has 0 atom stereocenters. The predicted molar refractivity (Wildman–Crippen MR) is 92.6 cm³/mol. The normalized spacial score (nSPS) is 10.5. The molecule has 8 heteroatoms. The first-order valence-electron chi connectivity index (χ1n) is 7.76. The Labute approximate surface area is 147 Å². The highest BCUT2D eigenvalue weighted by Gasteiger charge is 2.18. The Kier molecular flexibility index (Phi) is 4.74. The first-order chi connectivity index (χ1) is 12.5. The lowest BCUT2D eigenvalue weighted by atomic mass is 10.2. The van der Waals surface area contributed by atoms with Gasteiger partial charge in [-0.15, -0.1) is 0 Å². The molecule has 0 aliphatic rings. The Morgan fingerprint density at radius 2 is 1.73 bits per heavy atom. The summed E-state index contributed by atoms with van der Waals surface area (Å²) in [5.41, 5.74) is -0.874. The highest BCUT2D eigenvalue weighted by atomic mass is 19.1. The van der Waals surface area contributed by atoms with Crippen LogP contribution in [-0.4, -0.2) is 20.3 Å². The minimum absolute atomic E-state index is 0.209. The zero-order chi connectivity index (χ0) is 18.7. The molecule has 0 bridgehead atoms. The first kappa shape index (κ1) is 17.3. The smallest absolute Gasteiger partial charge is 0.346 e. The number of benzene rings is 2. The van der Waals surface area contributed by atoms with Gasteiger partial charge in [0.2, 0.25) is 5.69 Å². The molecule has 132 valence electrons. The molecule has 0 unspecified atom stereocenters. The molecular formula is C18H15FN4O3. The predicted octanol–water partition coefficient (Wildman–Crippen LogP) is 1.00. The highest BCUT2D eigenvalue weighted by Crippen LogP contribution is 2.05. The van der Waals surface area contributed by atoms with Gasteiger partial charge in [-0.2, -0.15) is 9.78 Å². The summed E-state index contributed by atoms with van der Waals surface area (Å²) in [6.45, 7) is 0.209. The molecule has 2 aromatic carbocycles. The molecule has 0 fully saturated rings. The van der Waals surface area contributed by atoms with Gasteiger partial charge in [-0.25, -0.2) is 9.18 Å². The van der Waals surface area contributed by atoms with Gasteiger partial charge < -0.3 is 5.32 Å². The summed E-state index contributed by atoms with van der Waals surface area (Å²) in [6.07, 6.45) is 0. The van der Waals surface area contributed by atoms with Crippen molar-refractivity contribution in [2.75, 3.05) is 0 Å². The van der Waals surface area contributed by atoms with Crippen LogP contribution in [0.5, 0.6) is 0 Å². The van der Waals surface area contributed by atoms with Gasteiger partial charge in [0, 0.05) is 13.6 Å². The van der Waals surface area contributed by atoms with Crippen LogP contribution in [0.1, 0.15) is 16.1 Å². The van der Waals surface area contributed by atoms with Gasteiger partial charge in [-0.1, -0.05) is 30.3 Å². The number of amides is 1. The van der Waals surface area contributed by atoms with Gasteiger partial charge in [0.05, 0.1) is 5.69 Å². The van der Waals surface area contributed by atoms with Gasteiger partial charge in [-0.3, -0.25) is 14.2 Å². The second-order valence-electron chi connectivity index (χ2n) is 5.55. The molecule has 1 N–H and O–H groups in total. The standard InChI is InChI=1S/C18H15FN4O3/c1-22-17(25)15(16(24)20-11-12-5-3-2-4-6-12)21-23(18(22)26)14-9-7-13(19)8-10-14/h2-10H,11H2,1H3,(H,20,24). The molecule has 1 amide bonds. The monoisotopic (exact) mass is 354 g/mol. The summed E-state index contributed by atoms with van der Waals surface area (Å²) >= 11 is 0. The molecule has 0 radical (unpaired) electrons. The lowest BCUT2D eigenvalue weighted by molar-refractivity contribution is 0.0941. The third kappa shape index (κ3) is 3.44. The largest absolute Gasteiger partial charge is 0.351 e. The molecule has 3 rings (SSSR count). The summed E-state index contributed by atoms with van der Waals surface area (Å²) in [7, 11) is 1.25. The van der Waals surface area contributed by atoms with E-state index in [-0.39, 0.29) is 12.2 Å². The number of carbonyl (C=O) groups is 1. The highest BCUT2D eigenvalue weighted by molar-refractivity contribution is 5.91. The molecule has 3 aromatic rings. The van der Waals surface area contributed by atoms with E-state index < -0.39 is 28.7 Å². The van der Waals surface area contributed by atoms with Gasteiger partial charge in [0.25, 0.3) is 11.5 Å². The van der Waals surface area contributed by atoms with Crippen LogP contribution in [0.4, 0.5) is 4.39 Å². The van der Waals surface area contributed by atoms with Crippen LogP contribution in [0.3, 0.4) is 0 Å². The Hall–Kier alpha value is -3.55. The number of nitrogens with one attached hydrogen (secondary N) is 1. The minimum Gasteiger partial charge on any atom is -0.346 e. The zero-order valence-electron chi connectivity index (χ0n) is 13.8. The van der Waals surface area contributed by atoms with Crippen molar-refractivity contribution in [3.63, 3.8) is 0 Å². The Morgan fingerprint density at radius 3 is 2.38 bits per heavy atom. The molecular weight excluding hydrogens is 339 g/mol. The maximum Gasteiger partial charge on any atom is 0.351 e. The fraction of sp³-hybridized carbons (Fsp3) is 0.111. The minimum atomic E-state index is -0.807. The molecule has 1 heterocycles. The fourth-order valence-corrected chi connectivity index (χ4v) is 2.33. The molecule has 0 aliphatic carbocycles. The van der Waals surface area contributed by atoms with Crippen LogP contribution >= 0.6 is 0 Å². The van der Waals surface area contributed by atoms with Crippen molar-refractivity contribution >= 4 is 5.91 Å². The number of hydrogen-bond donors (Lipinski definition) is 1. The van der Waals surface area contributed by atoms with Crippen molar-refractivity contribution in [3.05, 3.63) is 92.5 Å².